The van der Waals surface area contributed by atoms with Crippen molar-refractivity contribution < 1.29 is 27.4 Å². The van der Waals surface area contributed by atoms with E-state index >= 15 is 0 Å². The lowest BCUT2D eigenvalue weighted by Crippen LogP contribution is -2.43. The summed E-state index contributed by atoms with van der Waals surface area (Å²) in [7, 11) is 0. The Labute approximate surface area is 157 Å². The molecule has 0 unspecified atom stereocenters. The van der Waals surface area contributed by atoms with Crippen LogP contribution >= 0.6 is 11.6 Å². The third-order valence-electron chi connectivity index (χ3n) is 4.02. The molecule has 1 amide bonds. The topological polar surface area (TPSA) is 80.3 Å². The standard InChI is InChI=1S/C16H16ClF3N4O3/c17-11-5-10(6-13(7-11)27-16(18,19)20)8-24(12-1-3-26-4-2-12)15(25)14-21-9-22-23-14/h5-7,9,12H,1-4,8H2,(H,21,22,23). The van der Waals surface area contributed by atoms with Gasteiger partial charge in [-0.2, -0.15) is 0 Å². The van der Waals surface area contributed by atoms with Gasteiger partial charge in [-0.15, -0.1) is 18.3 Å². The van der Waals surface area contributed by atoms with Gasteiger partial charge in [0.25, 0.3) is 5.91 Å². The van der Waals surface area contributed by atoms with Gasteiger partial charge in [0.15, 0.2) is 0 Å². The molecule has 146 valence electrons. The van der Waals surface area contributed by atoms with Crippen LogP contribution in [0, 0.1) is 0 Å². The molecule has 27 heavy (non-hydrogen) atoms. The van der Waals surface area contributed by atoms with E-state index in [1.165, 1.54) is 23.4 Å². The largest absolute Gasteiger partial charge is 0.573 e. The van der Waals surface area contributed by atoms with Crippen molar-refractivity contribution >= 4 is 17.5 Å². The minimum absolute atomic E-state index is 0.0183. The Balaban J connectivity index is 1.86. The number of rotatable bonds is 5. The van der Waals surface area contributed by atoms with Crippen molar-refractivity contribution in [1.82, 2.24) is 20.1 Å². The number of hydrogen-bond acceptors (Lipinski definition) is 5. The van der Waals surface area contributed by atoms with Crippen LogP contribution in [0.4, 0.5) is 13.2 Å². The zero-order valence-corrected chi connectivity index (χ0v) is 14.8. The maximum Gasteiger partial charge on any atom is 0.573 e. The van der Waals surface area contributed by atoms with Crippen LogP contribution in [-0.4, -0.2) is 51.6 Å². The monoisotopic (exact) mass is 404 g/mol. The van der Waals surface area contributed by atoms with E-state index in [4.69, 9.17) is 16.3 Å². The van der Waals surface area contributed by atoms with Crippen LogP contribution in [0.1, 0.15) is 29.0 Å². The van der Waals surface area contributed by atoms with Gasteiger partial charge >= 0.3 is 6.36 Å². The molecule has 1 aliphatic rings. The second-order valence-corrected chi connectivity index (χ2v) is 6.38. The van der Waals surface area contributed by atoms with E-state index in [0.29, 0.717) is 31.6 Å². The van der Waals surface area contributed by atoms with Crippen molar-refractivity contribution in [3.8, 4) is 5.75 Å². The molecule has 3 rings (SSSR count). The number of amides is 1. The number of carbonyl (C=O) groups is 1. The summed E-state index contributed by atoms with van der Waals surface area (Å²) in [5.41, 5.74) is 0.400. The third kappa shape index (κ3) is 5.33. The highest BCUT2D eigenvalue weighted by atomic mass is 35.5. The van der Waals surface area contributed by atoms with E-state index in [9.17, 15) is 18.0 Å². The first kappa shape index (κ1) is 19.4. The van der Waals surface area contributed by atoms with Crippen molar-refractivity contribution in [3.63, 3.8) is 0 Å². The summed E-state index contributed by atoms with van der Waals surface area (Å²) in [6.45, 7) is 1.01. The number of halogens is 4. The predicted molar refractivity (Wildman–Crippen MR) is 88.2 cm³/mol. The molecule has 0 atom stereocenters. The zero-order chi connectivity index (χ0) is 19.4. The van der Waals surface area contributed by atoms with Gasteiger partial charge in [0, 0.05) is 30.8 Å². The van der Waals surface area contributed by atoms with E-state index in [-0.39, 0.29) is 23.4 Å². The van der Waals surface area contributed by atoms with Gasteiger partial charge in [-0.05, 0) is 36.6 Å². The van der Waals surface area contributed by atoms with Crippen LogP contribution in [0.25, 0.3) is 0 Å². The van der Waals surface area contributed by atoms with Crippen LogP contribution in [0.2, 0.25) is 5.02 Å². The highest BCUT2D eigenvalue weighted by Gasteiger charge is 2.32. The van der Waals surface area contributed by atoms with Gasteiger partial charge in [0.05, 0.1) is 0 Å². The molecule has 0 radical (unpaired) electrons. The number of aromatic nitrogens is 3. The smallest absolute Gasteiger partial charge is 0.406 e. The molecule has 2 heterocycles. The summed E-state index contributed by atoms with van der Waals surface area (Å²) >= 11 is 5.93. The van der Waals surface area contributed by atoms with Crippen molar-refractivity contribution in [2.45, 2.75) is 31.8 Å². The quantitative estimate of drug-likeness (QED) is 0.827. The van der Waals surface area contributed by atoms with Crippen LogP contribution in [0.15, 0.2) is 24.5 Å². The van der Waals surface area contributed by atoms with E-state index in [2.05, 4.69) is 19.9 Å². The molecular weight excluding hydrogens is 389 g/mol. The lowest BCUT2D eigenvalue weighted by atomic mass is 10.1. The Morgan fingerprint density at radius 1 is 1.33 bits per heavy atom. The van der Waals surface area contributed by atoms with Crippen LogP contribution < -0.4 is 4.74 Å². The molecule has 11 heteroatoms. The Kier molecular flexibility index (Phi) is 5.85. The first-order valence-corrected chi connectivity index (χ1v) is 8.49. The fourth-order valence-electron chi connectivity index (χ4n) is 2.91. The molecule has 1 fully saturated rings. The van der Waals surface area contributed by atoms with Crippen LogP contribution in [-0.2, 0) is 11.3 Å². The van der Waals surface area contributed by atoms with Gasteiger partial charge in [-0.3, -0.25) is 9.89 Å². The summed E-state index contributed by atoms with van der Waals surface area (Å²) < 4.78 is 46.8. The summed E-state index contributed by atoms with van der Waals surface area (Å²) in [6, 6.07) is 3.60. The fourth-order valence-corrected chi connectivity index (χ4v) is 3.15. The van der Waals surface area contributed by atoms with Gasteiger partial charge in [0.1, 0.15) is 12.1 Å². The third-order valence-corrected chi connectivity index (χ3v) is 4.23. The average molecular weight is 405 g/mol. The molecule has 1 saturated heterocycles. The number of ether oxygens (including phenoxy) is 2. The summed E-state index contributed by atoms with van der Waals surface area (Å²) in [4.78, 5) is 18.2. The highest BCUT2D eigenvalue weighted by Crippen LogP contribution is 2.28. The minimum atomic E-state index is -4.84. The Morgan fingerprint density at radius 2 is 2.07 bits per heavy atom. The van der Waals surface area contributed by atoms with E-state index < -0.39 is 18.0 Å². The molecule has 1 N–H and O–H groups in total. The average Bonchev–Trinajstić information content (AvgIpc) is 3.12. The van der Waals surface area contributed by atoms with Crippen LogP contribution in [0.5, 0.6) is 5.75 Å². The number of carbonyl (C=O) groups excluding carboxylic acids is 1. The fraction of sp³-hybridized carbons (Fsp3) is 0.438. The first-order valence-electron chi connectivity index (χ1n) is 8.11. The van der Waals surface area contributed by atoms with Crippen molar-refractivity contribution in [1.29, 1.82) is 0 Å². The molecule has 2 aromatic rings. The minimum Gasteiger partial charge on any atom is -0.406 e. The molecule has 0 aliphatic carbocycles. The molecule has 0 bridgehead atoms. The number of benzene rings is 1. The predicted octanol–water partition coefficient (Wildman–Crippen LogP) is 3.18. The molecule has 1 aromatic carbocycles. The highest BCUT2D eigenvalue weighted by molar-refractivity contribution is 6.30. The van der Waals surface area contributed by atoms with E-state index in [1.54, 1.807) is 0 Å². The molecule has 1 aliphatic heterocycles. The Hall–Kier alpha value is -2.33. The maximum absolute atomic E-state index is 12.8. The van der Waals surface area contributed by atoms with Crippen molar-refractivity contribution in [3.05, 3.63) is 40.9 Å². The Morgan fingerprint density at radius 3 is 2.70 bits per heavy atom. The van der Waals surface area contributed by atoms with Crippen molar-refractivity contribution in [2.24, 2.45) is 0 Å². The normalized spacial score (nSPS) is 15.6. The second-order valence-electron chi connectivity index (χ2n) is 5.94. The first-order chi connectivity index (χ1) is 12.8. The molecule has 0 spiro atoms. The number of nitrogens with zero attached hydrogens (tertiary/aromatic N) is 3. The van der Waals surface area contributed by atoms with Crippen LogP contribution in [0.3, 0.4) is 0 Å². The number of aromatic amines is 1. The molecule has 7 nitrogen and oxygen atoms in total. The van der Waals surface area contributed by atoms with Gasteiger partial charge in [0.2, 0.25) is 5.82 Å². The maximum atomic E-state index is 12.8. The number of H-pyrrole nitrogens is 1. The van der Waals surface area contributed by atoms with E-state index in [0.717, 1.165) is 6.07 Å². The SMILES string of the molecule is O=C(c1nc[nH]n1)N(Cc1cc(Cl)cc(OC(F)(F)F)c1)C1CCOCC1. The Bertz CT molecular complexity index is 780. The number of hydrogen-bond donors (Lipinski definition) is 1. The zero-order valence-electron chi connectivity index (χ0n) is 14.0. The summed E-state index contributed by atoms with van der Waals surface area (Å²) in [5.74, 6) is -0.890. The van der Waals surface area contributed by atoms with Gasteiger partial charge in [-0.1, -0.05) is 11.6 Å². The van der Waals surface area contributed by atoms with Crippen molar-refractivity contribution in [2.75, 3.05) is 13.2 Å². The number of alkyl halides is 3. The van der Waals surface area contributed by atoms with E-state index in [1.807, 2.05) is 0 Å². The second kappa shape index (κ2) is 8.13. The summed E-state index contributed by atoms with van der Waals surface area (Å²) in [6.07, 6.45) is -2.35. The molecule has 0 saturated carbocycles. The molecular formula is C16H16ClF3N4O3. The lowest BCUT2D eigenvalue weighted by Gasteiger charge is -2.33. The van der Waals surface area contributed by atoms with Gasteiger partial charge < -0.3 is 14.4 Å². The number of nitrogens with one attached hydrogen (secondary N) is 1. The van der Waals surface area contributed by atoms with Gasteiger partial charge in [-0.25, -0.2) is 4.98 Å². The molecule has 1 aromatic heterocycles. The lowest BCUT2D eigenvalue weighted by molar-refractivity contribution is -0.274. The summed E-state index contributed by atoms with van der Waals surface area (Å²) in [5, 5.41) is 6.35.